The third kappa shape index (κ3) is 2.31. The first kappa shape index (κ1) is 16.3. The average Bonchev–Trinajstić information content (AvgIpc) is 2.74. The van der Waals surface area contributed by atoms with Crippen LogP contribution in [0.3, 0.4) is 0 Å². The first-order valence-electron chi connectivity index (χ1n) is 9.38. The van der Waals surface area contributed by atoms with Gasteiger partial charge in [-0.15, -0.1) is 0 Å². The molecular weight excluding hydrogens is 296 g/mol. The fraction of sp³-hybridized carbons (Fsp3) is 1.00. The van der Waals surface area contributed by atoms with Gasteiger partial charge in [0.25, 0.3) is 0 Å². The second-order valence-corrected chi connectivity index (χ2v) is 8.24. The molecule has 0 aromatic carbocycles. The van der Waals surface area contributed by atoms with E-state index in [4.69, 9.17) is 19.2 Å². The third-order valence-corrected chi connectivity index (χ3v) is 6.81. The number of fused-ring (bicyclic) bond motifs is 2. The van der Waals surface area contributed by atoms with Crippen molar-refractivity contribution in [2.24, 2.45) is 23.7 Å². The van der Waals surface area contributed by atoms with E-state index >= 15 is 0 Å². The van der Waals surface area contributed by atoms with Crippen LogP contribution in [0.1, 0.15) is 65.7 Å². The first-order valence-corrected chi connectivity index (χ1v) is 9.38. The largest absolute Gasteiger partial charge is 0.368 e. The van der Waals surface area contributed by atoms with Gasteiger partial charge in [0, 0.05) is 18.3 Å². The van der Waals surface area contributed by atoms with Crippen molar-refractivity contribution in [2.75, 3.05) is 0 Å². The monoisotopic (exact) mass is 326 g/mol. The maximum atomic E-state index is 10.6. The maximum absolute atomic E-state index is 10.6. The summed E-state index contributed by atoms with van der Waals surface area (Å²) >= 11 is 0. The van der Waals surface area contributed by atoms with Gasteiger partial charge in [0.05, 0.1) is 0 Å². The van der Waals surface area contributed by atoms with Gasteiger partial charge < -0.3 is 14.6 Å². The zero-order valence-electron chi connectivity index (χ0n) is 14.5. The second-order valence-electron chi connectivity index (χ2n) is 8.24. The van der Waals surface area contributed by atoms with E-state index in [0.717, 1.165) is 38.5 Å². The number of hydrogen-bond acceptors (Lipinski definition) is 5. The number of ether oxygens (including phenoxy) is 2. The molecular formula is C18H30O5. The maximum Gasteiger partial charge on any atom is 0.201 e. The van der Waals surface area contributed by atoms with E-state index in [2.05, 4.69) is 13.8 Å². The van der Waals surface area contributed by atoms with E-state index in [1.54, 1.807) is 0 Å². The lowest BCUT2D eigenvalue weighted by molar-refractivity contribution is -0.577. The lowest BCUT2D eigenvalue weighted by Gasteiger charge is -2.60. The van der Waals surface area contributed by atoms with Crippen molar-refractivity contribution in [3.05, 3.63) is 0 Å². The van der Waals surface area contributed by atoms with Gasteiger partial charge in [0.2, 0.25) is 5.79 Å². The number of aliphatic hydroxyl groups is 1. The van der Waals surface area contributed by atoms with Crippen LogP contribution in [0.4, 0.5) is 0 Å². The van der Waals surface area contributed by atoms with Crippen LogP contribution >= 0.6 is 0 Å². The Bertz CT molecular complexity index is 457. The summed E-state index contributed by atoms with van der Waals surface area (Å²) < 4.78 is 12.2. The quantitative estimate of drug-likeness (QED) is 0.806. The summed E-state index contributed by atoms with van der Waals surface area (Å²) in [5.74, 6) is 0.523. The van der Waals surface area contributed by atoms with Gasteiger partial charge >= 0.3 is 0 Å². The van der Waals surface area contributed by atoms with E-state index in [9.17, 15) is 5.11 Å². The topological polar surface area (TPSA) is 57.2 Å². The summed E-state index contributed by atoms with van der Waals surface area (Å²) in [4.78, 5) is 11.9. The van der Waals surface area contributed by atoms with Crippen molar-refractivity contribution in [1.82, 2.24) is 0 Å². The van der Waals surface area contributed by atoms with E-state index in [-0.39, 0.29) is 11.8 Å². The van der Waals surface area contributed by atoms with Crippen LogP contribution in [-0.2, 0) is 19.2 Å². The Morgan fingerprint density at radius 1 is 1.13 bits per heavy atom. The number of unbranched alkanes of at least 4 members (excludes halogenated alkanes) is 1. The minimum Gasteiger partial charge on any atom is -0.368 e. The molecule has 0 amide bonds. The van der Waals surface area contributed by atoms with Crippen molar-refractivity contribution in [3.8, 4) is 0 Å². The Kier molecular flexibility index (Phi) is 4.01. The lowest BCUT2D eigenvalue weighted by Crippen LogP contribution is -2.70. The zero-order chi connectivity index (χ0) is 16.2. The molecule has 1 unspecified atom stereocenters. The van der Waals surface area contributed by atoms with Gasteiger partial charge in [-0.2, -0.15) is 0 Å². The molecule has 1 aliphatic carbocycles. The van der Waals surface area contributed by atoms with Crippen LogP contribution in [0.15, 0.2) is 0 Å². The lowest BCUT2D eigenvalue weighted by atomic mass is 9.57. The van der Waals surface area contributed by atoms with E-state index < -0.39 is 24.0 Å². The summed E-state index contributed by atoms with van der Waals surface area (Å²) in [6.45, 7) is 6.40. The van der Waals surface area contributed by atoms with Crippen molar-refractivity contribution >= 4 is 0 Å². The van der Waals surface area contributed by atoms with Crippen molar-refractivity contribution < 1.29 is 24.4 Å². The summed E-state index contributed by atoms with van der Waals surface area (Å²) in [7, 11) is 0. The number of hydrogen-bond donors (Lipinski definition) is 1. The highest BCUT2D eigenvalue weighted by atomic mass is 17.3. The normalized spacial score (nSPS) is 55.3. The molecule has 1 saturated carbocycles. The molecule has 132 valence electrons. The Labute approximate surface area is 138 Å². The molecule has 5 fully saturated rings. The predicted molar refractivity (Wildman–Crippen MR) is 82.9 cm³/mol. The molecule has 5 rings (SSSR count). The molecule has 2 bridgehead atoms. The SMILES string of the molecule is CCCC[C@H]1C(O)O[C@@H]2O[C@@]3(C)CC[C@H]4[C@H](C)CC[C@@H]1[C@@]24OO3. The average molecular weight is 326 g/mol. The van der Waals surface area contributed by atoms with Crippen LogP contribution < -0.4 is 0 Å². The molecule has 23 heavy (non-hydrogen) atoms. The molecule has 5 heteroatoms. The first-order chi connectivity index (χ1) is 11.0. The fourth-order valence-corrected chi connectivity index (χ4v) is 5.52. The molecule has 4 heterocycles. The van der Waals surface area contributed by atoms with Crippen LogP contribution in [0.5, 0.6) is 0 Å². The molecule has 8 atom stereocenters. The Balaban J connectivity index is 1.73. The van der Waals surface area contributed by atoms with Crippen LogP contribution in [0.25, 0.3) is 0 Å². The van der Waals surface area contributed by atoms with Crippen molar-refractivity contribution in [2.45, 2.75) is 89.7 Å². The minimum atomic E-state index is -0.761. The van der Waals surface area contributed by atoms with Gasteiger partial charge in [0.15, 0.2) is 18.2 Å². The molecule has 4 aliphatic heterocycles. The van der Waals surface area contributed by atoms with Crippen molar-refractivity contribution in [3.63, 3.8) is 0 Å². The van der Waals surface area contributed by atoms with Crippen LogP contribution in [-0.4, -0.2) is 29.1 Å². The van der Waals surface area contributed by atoms with Gasteiger partial charge in [0.1, 0.15) is 0 Å². The molecule has 0 aromatic heterocycles. The molecule has 5 nitrogen and oxygen atoms in total. The van der Waals surface area contributed by atoms with Gasteiger partial charge in [-0.3, -0.25) is 0 Å². The molecule has 1 spiro atoms. The van der Waals surface area contributed by atoms with Gasteiger partial charge in [-0.05, 0) is 44.4 Å². The summed E-state index contributed by atoms with van der Waals surface area (Å²) in [6, 6.07) is 0. The highest BCUT2D eigenvalue weighted by Gasteiger charge is 2.69. The molecule has 0 aromatic rings. The van der Waals surface area contributed by atoms with E-state index in [1.807, 2.05) is 6.92 Å². The highest BCUT2D eigenvalue weighted by molar-refractivity contribution is 5.09. The Morgan fingerprint density at radius 3 is 2.74 bits per heavy atom. The molecule has 5 aliphatic rings. The van der Waals surface area contributed by atoms with Gasteiger partial charge in [-0.1, -0.05) is 26.7 Å². The van der Waals surface area contributed by atoms with E-state index in [0.29, 0.717) is 11.8 Å². The summed E-state index contributed by atoms with van der Waals surface area (Å²) in [5.41, 5.74) is -0.550. The molecule has 4 saturated heterocycles. The van der Waals surface area contributed by atoms with E-state index in [1.165, 1.54) is 6.42 Å². The summed E-state index contributed by atoms with van der Waals surface area (Å²) in [5, 5.41) is 10.6. The number of rotatable bonds is 3. The highest BCUT2D eigenvalue weighted by Crippen LogP contribution is 2.60. The van der Waals surface area contributed by atoms with Crippen molar-refractivity contribution in [1.29, 1.82) is 0 Å². The second kappa shape index (κ2) is 5.67. The van der Waals surface area contributed by atoms with Crippen LogP contribution in [0.2, 0.25) is 0 Å². The summed E-state index contributed by atoms with van der Waals surface area (Å²) in [6.07, 6.45) is 5.98. The van der Waals surface area contributed by atoms with Gasteiger partial charge in [-0.25, -0.2) is 9.78 Å². The standard InChI is InChI=1S/C18H30O5/c1-4-5-6-12-14-8-7-11(2)13-9-10-17(3)21-16(20-15(12)19)18(13,14)23-22-17/h11-16,19H,4-10H2,1-3H3/t11-,12-,13+,14+,15?,16-,17-,18-/m1/s1. The smallest absolute Gasteiger partial charge is 0.201 e. The number of aliphatic hydroxyl groups excluding tert-OH is 1. The Morgan fingerprint density at radius 2 is 1.96 bits per heavy atom. The molecule has 1 N–H and O–H groups in total. The fourth-order valence-electron chi connectivity index (χ4n) is 5.52. The minimum absolute atomic E-state index is 0.107. The Hall–Kier alpha value is -0.200. The van der Waals surface area contributed by atoms with Crippen LogP contribution in [0, 0.1) is 23.7 Å². The third-order valence-electron chi connectivity index (χ3n) is 6.81. The zero-order valence-corrected chi connectivity index (χ0v) is 14.5. The predicted octanol–water partition coefficient (Wildman–Crippen LogP) is 3.36. The molecule has 0 radical (unpaired) electrons.